The highest BCUT2D eigenvalue weighted by Crippen LogP contribution is 2.28. The summed E-state index contributed by atoms with van der Waals surface area (Å²) >= 11 is 5.98. The van der Waals surface area contributed by atoms with Crippen molar-refractivity contribution < 1.29 is 14.7 Å². The van der Waals surface area contributed by atoms with Gasteiger partial charge in [0.1, 0.15) is 0 Å². The average Bonchev–Trinajstić information content (AvgIpc) is 2.63. The van der Waals surface area contributed by atoms with E-state index in [1.54, 1.807) is 24.3 Å². The molecule has 0 N–H and O–H groups in total. The molecule has 0 amide bonds. The monoisotopic (exact) mass is 238 g/mol. The number of aliphatic carboxylic acids is 1. The molecule has 0 spiro atoms. The van der Waals surface area contributed by atoms with Crippen LogP contribution in [0.1, 0.15) is 18.9 Å². The summed E-state index contributed by atoms with van der Waals surface area (Å²) in [6.07, 6.45) is 0.152. The Labute approximate surface area is 97.5 Å². The molecule has 1 aliphatic rings. The molecule has 1 aliphatic heterocycles. The molecule has 0 saturated carbocycles. The summed E-state index contributed by atoms with van der Waals surface area (Å²) in [5.74, 6) is -1.28. The normalized spacial score (nSPS) is 23.8. The molecule has 1 atom stereocenters. The highest BCUT2D eigenvalue weighted by molar-refractivity contribution is 6.34. The predicted molar refractivity (Wildman–Crippen MR) is 57.1 cm³/mol. The lowest BCUT2D eigenvalue weighted by molar-refractivity contribution is -0.324. The van der Waals surface area contributed by atoms with E-state index < -0.39 is 11.6 Å². The zero-order chi connectivity index (χ0) is 11.8. The number of carboxylic acids is 1. The third-order valence-corrected chi connectivity index (χ3v) is 2.81. The molecule has 0 saturated heterocycles. The first-order chi connectivity index (χ1) is 7.53. The van der Waals surface area contributed by atoms with Crippen LogP contribution in [-0.2, 0) is 9.63 Å². The van der Waals surface area contributed by atoms with Gasteiger partial charge in [0.25, 0.3) is 0 Å². The molecule has 0 bridgehead atoms. The minimum absolute atomic E-state index is 0.152. The Morgan fingerprint density at radius 3 is 2.81 bits per heavy atom. The van der Waals surface area contributed by atoms with Crippen molar-refractivity contribution in [3.05, 3.63) is 34.9 Å². The summed E-state index contributed by atoms with van der Waals surface area (Å²) < 4.78 is 0. The van der Waals surface area contributed by atoms with Gasteiger partial charge in [-0.05, 0) is 13.0 Å². The Hall–Kier alpha value is -1.55. The van der Waals surface area contributed by atoms with Gasteiger partial charge in [0.15, 0.2) is 5.60 Å². The topological polar surface area (TPSA) is 61.7 Å². The van der Waals surface area contributed by atoms with Crippen molar-refractivity contribution in [1.82, 2.24) is 0 Å². The Morgan fingerprint density at radius 1 is 1.56 bits per heavy atom. The molecular weight excluding hydrogens is 230 g/mol. The van der Waals surface area contributed by atoms with Crippen molar-refractivity contribution in [2.75, 3.05) is 0 Å². The van der Waals surface area contributed by atoms with E-state index in [0.29, 0.717) is 16.3 Å². The maximum atomic E-state index is 10.8. The first-order valence-electron chi connectivity index (χ1n) is 4.74. The van der Waals surface area contributed by atoms with Crippen LogP contribution in [0.5, 0.6) is 0 Å². The van der Waals surface area contributed by atoms with E-state index in [0.717, 1.165) is 0 Å². The van der Waals surface area contributed by atoms with Gasteiger partial charge in [0, 0.05) is 17.0 Å². The number of benzene rings is 1. The fourth-order valence-corrected chi connectivity index (χ4v) is 1.73. The molecule has 16 heavy (non-hydrogen) atoms. The fourth-order valence-electron chi connectivity index (χ4n) is 1.49. The van der Waals surface area contributed by atoms with Gasteiger partial charge < -0.3 is 14.7 Å². The van der Waals surface area contributed by atoms with E-state index in [9.17, 15) is 9.90 Å². The molecule has 2 rings (SSSR count). The number of hydrogen-bond donors (Lipinski definition) is 0. The third-order valence-electron chi connectivity index (χ3n) is 2.48. The van der Waals surface area contributed by atoms with Gasteiger partial charge >= 0.3 is 0 Å². The molecule has 5 heteroatoms. The molecule has 1 heterocycles. The van der Waals surface area contributed by atoms with Gasteiger partial charge in [-0.15, -0.1) is 0 Å². The summed E-state index contributed by atoms with van der Waals surface area (Å²) in [4.78, 5) is 15.7. The zero-order valence-corrected chi connectivity index (χ0v) is 9.32. The molecule has 0 unspecified atom stereocenters. The Morgan fingerprint density at radius 2 is 2.25 bits per heavy atom. The quantitative estimate of drug-likeness (QED) is 0.771. The van der Waals surface area contributed by atoms with Gasteiger partial charge in [0.2, 0.25) is 0 Å². The number of carboxylic acid groups (broad SMARTS) is 1. The van der Waals surface area contributed by atoms with Crippen molar-refractivity contribution in [2.45, 2.75) is 18.9 Å². The largest absolute Gasteiger partial charge is 0.546 e. The first-order valence-corrected chi connectivity index (χ1v) is 5.12. The van der Waals surface area contributed by atoms with Crippen molar-refractivity contribution in [1.29, 1.82) is 0 Å². The summed E-state index contributed by atoms with van der Waals surface area (Å²) in [6, 6.07) is 7.08. The van der Waals surface area contributed by atoms with Crippen molar-refractivity contribution in [3.63, 3.8) is 0 Å². The summed E-state index contributed by atoms with van der Waals surface area (Å²) in [5, 5.41) is 15.1. The molecule has 0 radical (unpaired) electrons. The summed E-state index contributed by atoms with van der Waals surface area (Å²) in [5.41, 5.74) is -0.180. The van der Waals surface area contributed by atoms with E-state index in [-0.39, 0.29) is 6.42 Å². The zero-order valence-electron chi connectivity index (χ0n) is 8.57. The number of rotatable bonds is 2. The van der Waals surface area contributed by atoms with Crippen LogP contribution in [0.25, 0.3) is 0 Å². The number of halogens is 1. The van der Waals surface area contributed by atoms with Crippen LogP contribution in [0.2, 0.25) is 5.02 Å². The van der Waals surface area contributed by atoms with Crippen LogP contribution in [-0.4, -0.2) is 17.3 Å². The van der Waals surface area contributed by atoms with Gasteiger partial charge in [-0.2, -0.15) is 0 Å². The van der Waals surface area contributed by atoms with Gasteiger partial charge in [-0.3, -0.25) is 0 Å². The Kier molecular flexibility index (Phi) is 2.59. The summed E-state index contributed by atoms with van der Waals surface area (Å²) in [7, 11) is 0. The second-order valence-electron chi connectivity index (χ2n) is 3.80. The molecule has 84 valence electrons. The number of nitrogens with zero attached hydrogens (tertiary/aromatic N) is 1. The van der Waals surface area contributed by atoms with Crippen LogP contribution in [0.15, 0.2) is 29.4 Å². The lowest BCUT2D eigenvalue weighted by Crippen LogP contribution is -2.46. The van der Waals surface area contributed by atoms with Crippen molar-refractivity contribution >= 4 is 23.3 Å². The number of carbonyl (C=O) groups excluding carboxylic acids is 1. The van der Waals surface area contributed by atoms with E-state index in [4.69, 9.17) is 16.4 Å². The minimum Gasteiger partial charge on any atom is -0.546 e. The van der Waals surface area contributed by atoms with Crippen LogP contribution >= 0.6 is 11.6 Å². The van der Waals surface area contributed by atoms with Crippen LogP contribution < -0.4 is 5.11 Å². The van der Waals surface area contributed by atoms with Crippen molar-refractivity contribution in [2.24, 2.45) is 5.16 Å². The highest BCUT2D eigenvalue weighted by Gasteiger charge is 2.36. The fraction of sp³-hybridized carbons (Fsp3) is 0.273. The molecule has 1 aromatic carbocycles. The smallest absolute Gasteiger partial charge is 0.179 e. The standard InChI is InChI=1S/C11H10ClNO3/c1-11(10(14)15)6-9(13-16-11)7-4-2-3-5-8(7)12/h2-5H,6H2,1H3,(H,14,15)/p-1/t11-/m0/s1. The van der Waals surface area contributed by atoms with E-state index >= 15 is 0 Å². The average molecular weight is 239 g/mol. The maximum absolute atomic E-state index is 10.8. The third kappa shape index (κ3) is 1.76. The van der Waals surface area contributed by atoms with Crippen LogP contribution in [0, 0.1) is 0 Å². The number of hydrogen-bond acceptors (Lipinski definition) is 4. The lowest BCUT2D eigenvalue weighted by Gasteiger charge is -2.21. The van der Waals surface area contributed by atoms with E-state index in [1.165, 1.54) is 6.92 Å². The van der Waals surface area contributed by atoms with Gasteiger partial charge in [0.05, 0.1) is 11.7 Å². The van der Waals surface area contributed by atoms with E-state index in [2.05, 4.69) is 5.16 Å². The Bertz CT molecular complexity index is 472. The first kappa shape index (κ1) is 11.0. The molecule has 1 aromatic rings. The summed E-state index contributed by atoms with van der Waals surface area (Å²) in [6.45, 7) is 1.43. The van der Waals surface area contributed by atoms with E-state index in [1.807, 2.05) is 0 Å². The predicted octanol–water partition coefficient (Wildman–Crippen LogP) is 0.973. The molecule has 0 fully saturated rings. The van der Waals surface area contributed by atoms with Crippen LogP contribution in [0.4, 0.5) is 0 Å². The molecular formula is C11H9ClNO3-. The molecule has 4 nitrogen and oxygen atoms in total. The minimum atomic E-state index is -1.39. The van der Waals surface area contributed by atoms with Gasteiger partial charge in [-0.1, -0.05) is 35.0 Å². The molecule has 0 aromatic heterocycles. The lowest BCUT2D eigenvalue weighted by atomic mass is 9.96. The number of carbonyl (C=O) groups is 1. The second-order valence-corrected chi connectivity index (χ2v) is 4.21. The van der Waals surface area contributed by atoms with Crippen LogP contribution in [0.3, 0.4) is 0 Å². The Balaban J connectivity index is 2.28. The maximum Gasteiger partial charge on any atom is 0.179 e. The SMILES string of the molecule is C[C@@]1(C(=O)[O-])CC(c2ccccc2Cl)=NO1. The van der Waals surface area contributed by atoms with Crippen molar-refractivity contribution in [3.8, 4) is 0 Å². The van der Waals surface area contributed by atoms with Gasteiger partial charge in [-0.25, -0.2) is 0 Å². The number of oxime groups is 1. The highest BCUT2D eigenvalue weighted by atomic mass is 35.5. The molecule has 0 aliphatic carbocycles. The second kappa shape index (κ2) is 3.79.